The Morgan fingerprint density at radius 2 is 0.476 bits per heavy atom. The molecule has 15 heteroatoms. The highest BCUT2D eigenvalue weighted by atomic mass is 32.1. The molecule has 0 spiro atoms. The number of aromatic nitrogens is 10. The molecule has 147 heavy (non-hydrogen) atoms. The molecule has 0 saturated carbocycles. The molecule has 0 amide bonds. The van der Waals surface area contributed by atoms with E-state index in [1.165, 1.54) is 144 Å². The maximum Gasteiger partial charge on any atom is 0.160 e. The van der Waals surface area contributed by atoms with Crippen LogP contribution >= 0.6 is 11.3 Å². The van der Waals surface area contributed by atoms with E-state index < -0.39 is 24.2 Å². The summed E-state index contributed by atoms with van der Waals surface area (Å²) in [4.78, 5) is 32.0. The van der Waals surface area contributed by atoms with Crippen LogP contribution in [0, 0.1) is 0 Å². The Balaban J connectivity index is 0.000000104. The Bertz CT molecular complexity index is 9960. The Labute approximate surface area is 854 Å². The highest BCUT2D eigenvalue weighted by molar-refractivity contribution is 7.26. The minimum Gasteiger partial charge on any atom is -0.456 e. The van der Waals surface area contributed by atoms with Crippen molar-refractivity contribution >= 4 is 196 Å². The smallest absolute Gasteiger partial charge is 0.160 e. The Morgan fingerprint density at radius 1 is 0.190 bits per heavy atom. The van der Waals surface area contributed by atoms with Gasteiger partial charge in [0, 0.05) is 136 Å². The van der Waals surface area contributed by atoms with Crippen LogP contribution < -0.4 is 31.1 Å². The van der Waals surface area contributed by atoms with Gasteiger partial charge in [0.1, 0.15) is 35.4 Å². The molecule has 0 radical (unpaired) electrons. The molecule has 0 atom stereocenters. The maximum absolute atomic E-state index is 6.32. The van der Waals surface area contributed by atoms with E-state index in [0.717, 1.165) is 141 Å². The number of para-hydroxylation sites is 6. The molecule has 11 nitrogen and oxygen atoms in total. The van der Waals surface area contributed by atoms with E-state index in [9.17, 15) is 0 Å². The van der Waals surface area contributed by atoms with Crippen molar-refractivity contribution in [2.45, 2.75) is 39.3 Å². The first-order valence-corrected chi connectivity index (χ1v) is 60.3. The Hall–Kier alpha value is -17.7. The van der Waals surface area contributed by atoms with Crippen LogP contribution in [0.15, 0.2) is 453 Å². The maximum atomic E-state index is 6.32. The van der Waals surface area contributed by atoms with Crippen molar-refractivity contribution in [3.63, 3.8) is 0 Å². The fourth-order valence-corrected chi connectivity index (χ4v) is 35.2. The Morgan fingerprint density at radius 3 is 0.864 bits per heavy atom. The standard InChI is InChI=1S/C48H34N4Si.C42H29N3OSi.C42H29N3SSi/c1-53(2)44-24-14-11-21-37(44)46-47(53)45(31-15-5-3-6-16-31)49-48(50-46)32-25-27-34(28-26-32)52-41-23-13-10-20-36(41)39-29-38-35-19-9-12-22-40(35)51(42(38)30-43(39)52)33-17-7-4-8-18-33;2*1-47(2)38-19-11-8-16-31(38)40-41(47)39(26-12-4-3-5-13-26)43-42(44-40)27-20-22-28(23-21-27)45-34-17-9-6-14-29(34)32-24-33-30-15-7-10-18-36(30)46-37(33)25-35(32)45/h3-30H,1-2H3;2*3-25H,1-2H3. The third-order valence-electron chi connectivity index (χ3n) is 31.3. The second-order valence-corrected chi connectivity index (χ2v) is 54.6. The summed E-state index contributed by atoms with van der Waals surface area (Å²) in [6.07, 6.45) is 0. The minimum absolute atomic E-state index is 0.752. The second kappa shape index (κ2) is 33.2. The fraction of sp³-hybridized carbons (Fsp3) is 0.0455. The molecule has 19 aromatic carbocycles. The van der Waals surface area contributed by atoms with Gasteiger partial charge in [0.05, 0.1) is 78.3 Å². The minimum atomic E-state index is -2.02. The number of rotatable bonds is 10. The summed E-state index contributed by atoms with van der Waals surface area (Å²) in [5.74, 6) is 2.28. The average molecular weight is 1950 g/mol. The van der Waals surface area contributed by atoms with Gasteiger partial charge in [-0.15, -0.1) is 11.3 Å². The van der Waals surface area contributed by atoms with Gasteiger partial charge in [0.15, 0.2) is 17.5 Å². The number of benzene rings is 19. The number of furan rings is 1. The first-order chi connectivity index (χ1) is 72.2. The van der Waals surface area contributed by atoms with Crippen LogP contribution in [-0.4, -0.2) is 72.4 Å². The summed E-state index contributed by atoms with van der Waals surface area (Å²) in [5.41, 5.74) is 32.4. The van der Waals surface area contributed by atoms with E-state index in [4.69, 9.17) is 34.3 Å². The van der Waals surface area contributed by atoms with Crippen LogP contribution in [0.1, 0.15) is 0 Å². The molecular weight excluding hydrogens is 1860 g/mol. The molecule has 0 bridgehead atoms. The molecule has 9 aromatic heterocycles. The van der Waals surface area contributed by atoms with Crippen LogP contribution in [0.5, 0.6) is 0 Å². The predicted molar refractivity (Wildman–Crippen MR) is 623 cm³/mol. The molecule has 28 aromatic rings. The van der Waals surface area contributed by atoms with Crippen molar-refractivity contribution < 1.29 is 4.42 Å². The summed E-state index contributed by atoms with van der Waals surface area (Å²) in [6, 6.07) is 161. The van der Waals surface area contributed by atoms with E-state index in [0.29, 0.717) is 0 Å². The van der Waals surface area contributed by atoms with Gasteiger partial charge in [-0.05, 0) is 199 Å². The molecule has 0 N–H and O–H groups in total. The number of hydrogen-bond acceptors (Lipinski definition) is 8. The Kier molecular flexibility index (Phi) is 19.4. The van der Waals surface area contributed by atoms with Crippen molar-refractivity contribution in [1.29, 1.82) is 0 Å². The zero-order valence-electron chi connectivity index (χ0n) is 81.5. The summed E-state index contributed by atoms with van der Waals surface area (Å²) < 4.78 is 18.5. The zero-order valence-corrected chi connectivity index (χ0v) is 85.3. The van der Waals surface area contributed by atoms with E-state index in [1.54, 1.807) is 0 Å². The number of nitrogens with zero attached hydrogens (tertiary/aromatic N) is 10. The topological polar surface area (TPSA) is 110 Å². The molecule has 694 valence electrons. The molecule has 3 aliphatic rings. The first kappa shape index (κ1) is 86.0. The molecule has 31 rings (SSSR count). The van der Waals surface area contributed by atoms with Crippen molar-refractivity contribution in [2.75, 3.05) is 0 Å². The van der Waals surface area contributed by atoms with Crippen molar-refractivity contribution in [2.24, 2.45) is 0 Å². The van der Waals surface area contributed by atoms with Crippen molar-refractivity contribution in [3.8, 4) is 124 Å². The van der Waals surface area contributed by atoms with Crippen LogP contribution in [0.4, 0.5) is 0 Å². The van der Waals surface area contributed by atoms with Gasteiger partial charge < -0.3 is 22.7 Å². The molecule has 0 fully saturated rings. The molecule has 12 heterocycles. The number of fused-ring (bicyclic) bond motifs is 27. The van der Waals surface area contributed by atoms with Crippen LogP contribution in [0.3, 0.4) is 0 Å². The van der Waals surface area contributed by atoms with Crippen LogP contribution in [-0.2, 0) is 0 Å². The van der Waals surface area contributed by atoms with Gasteiger partial charge in [-0.1, -0.05) is 330 Å². The lowest BCUT2D eigenvalue weighted by atomic mass is 10.1. The van der Waals surface area contributed by atoms with Gasteiger partial charge >= 0.3 is 0 Å². The van der Waals surface area contributed by atoms with Gasteiger partial charge in [-0.2, -0.15) is 0 Å². The average Bonchev–Trinajstić information content (AvgIpc) is 1.56. The second-order valence-electron chi connectivity index (χ2n) is 40.7. The molecule has 3 aliphatic heterocycles. The lowest BCUT2D eigenvalue weighted by Gasteiger charge is -2.21. The first-order valence-electron chi connectivity index (χ1n) is 50.5. The van der Waals surface area contributed by atoms with Gasteiger partial charge in [-0.25, -0.2) is 29.9 Å². The molecule has 0 saturated heterocycles. The zero-order chi connectivity index (χ0) is 97.8. The van der Waals surface area contributed by atoms with Crippen LogP contribution in [0.25, 0.3) is 254 Å². The van der Waals surface area contributed by atoms with Crippen molar-refractivity contribution in [3.05, 3.63) is 449 Å². The van der Waals surface area contributed by atoms with E-state index in [-0.39, 0.29) is 0 Å². The van der Waals surface area contributed by atoms with E-state index >= 15 is 0 Å². The number of hydrogen-bond donors (Lipinski definition) is 0. The van der Waals surface area contributed by atoms with E-state index in [1.807, 2.05) is 23.5 Å². The van der Waals surface area contributed by atoms with E-state index in [2.05, 4.69) is 494 Å². The fourth-order valence-electron chi connectivity index (χ4n) is 24.4. The largest absolute Gasteiger partial charge is 0.456 e. The molecular formula is C132H92N10OSSi3. The van der Waals surface area contributed by atoms with Gasteiger partial charge in [-0.3, -0.25) is 0 Å². The third kappa shape index (κ3) is 13.4. The van der Waals surface area contributed by atoms with Gasteiger partial charge in [0.25, 0.3) is 0 Å². The predicted octanol–water partition coefficient (Wildman–Crippen LogP) is 30.5. The normalized spacial score (nSPS) is 13.4. The summed E-state index contributed by atoms with van der Waals surface area (Å²) in [7, 11) is -6.00. The molecule has 0 aliphatic carbocycles. The highest BCUT2D eigenvalue weighted by Gasteiger charge is 2.45. The summed E-state index contributed by atoms with van der Waals surface area (Å²) >= 11 is 1.87. The van der Waals surface area contributed by atoms with Gasteiger partial charge in [0.2, 0.25) is 0 Å². The number of thiophene rings is 1. The highest BCUT2D eigenvalue weighted by Crippen LogP contribution is 2.47. The lowest BCUT2D eigenvalue weighted by Crippen LogP contribution is -2.50. The quantitative estimate of drug-likeness (QED) is 0.125. The lowest BCUT2D eigenvalue weighted by molar-refractivity contribution is 0.669. The van der Waals surface area contributed by atoms with Crippen LogP contribution in [0.2, 0.25) is 39.3 Å². The third-order valence-corrected chi connectivity index (χ3v) is 42.9. The molecule has 0 unspecified atom stereocenters. The SMILES string of the molecule is C[Si]1(C)c2ccccc2-c2nc(-c3ccc(-n4c5ccccc5c5cc6c(cc54)oc4ccccc46)cc3)nc(-c3ccccc3)c21.C[Si]1(C)c2ccccc2-c2nc(-c3ccc(-n4c5ccccc5c5cc6c(cc54)sc4ccccc46)cc3)nc(-c3ccccc3)c21.C[Si]1(C)c2ccccc2-c2nc(-c3ccc(-n4c5ccccc5c5cc6c7ccccc7n(-c7ccccc7)c6cc54)cc3)nc(-c3ccccc3)c21. The summed E-state index contributed by atoms with van der Waals surface area (Å²) in [6.45, 7) is 14.6. The van der Waals surface area contributed by atoms with Crippen molar-refractivity contribution in [1.82, 2.24) is 48.2 Å². The summed E-state index contributed by atoms with van der Waals surface area (Å²) in [5, 5.41) is 23.2. The monoisotopic (exact) mass is 1950 g/mol.